The molecule has 2 aromatic rings. The number of hydrogen-bond acceptors (Lipinski definition) is 5. The van der Waals surface area contributed by atoms with E-state index in [1.54, 1.807) is 33.1 Å². The van der Waals surface area contributed by atoms with Crippen molar-refractivity contribution in [3.63, 3.8) is 0 Å². The molecule has 0 bridgehead atoms. The van der Waals surface area contributed by atoms with Crippen molar-refractivity contribution >= 4 is 12.1 Å². The third-order valence-electron chi connectivity index (χ3n) is 3.20. The van der Waals surface area contributed by atoms with Crippen molar-refractivity contribution in [1.29, 1.82) is 0 Å². The quantitative estimate of drug-likeness (QED) is 0.638. The number of hydrogen-bond donors (Lipinski definition) is 2. The van der Waals surface area contributed by atoms with Crippen molar-refractivity contribution in [2.24, 2.45) is 5.10 Å². The second-order valence-corrected chi connectivity index (χ2v) is 4.96. The van der Waals surface area contributed by atoms with Gasteiger partial charge in [0.25, 0.3) is 5.56 Å². The van der Waals surface area contributed by atoms with E-state index in [0.717, 1.165) is 11.3 Å². The number of aromatic nitrogens is 2. The molecule has 120 valence electrons. The lowest BCUT2D eigenvalue weighted by atomic mass is 10.1. The van der Waals surface area contributed by atoms with Crippen LogP contribution in [0.5, 0.6) is 5.75 Å². The number of carbonyl (C=O) groups is 1. The number of amides is 1. The average molecular weight is 314 g/mol. The average Bonchev–Trinajstić information content (AvgIpc) is 2.51. The van der Waals surface area contributed by atoms with E-state index in [4.69, 9.17) is 4.74 Å². The van der Waals surface area contributed by atoms with E-state index >= 15 is 0 Å². The van der Waals surface area contributed by atoms with Gasteiger partial charge < -0.3 is 9.72 Å². The Morgan fingerprint density at radius 2 is 2.04 bits per heavy atom. The van der Waals surface area contributed by atoms with Gasteiger partial charge in [0, 0.05) is 11.3 Å². The SMILES string of the molecule is COc1ccc(C=NNC(=O)Cc2c(C)nc(C)[nH]c2=O)cc1. The van der Waals surface area contributed by atoms with Gasteiger partial charge in [-0.25, -0.2) is 10.4 Å². The number of hydrazone groups is 1. The first kappa shape index (κ1) is 16.4. The van der Waals surface area contributed by atoms with E-state index in [1.165, 1.54) is 6.21 Å². The van der Waals surface area contributed by atoms with Crippen LogP contribution in [0, 0.1) is 13.8 Å². The van der Waals surface area contributed by atoms with Gasteiger partial charge in [-0.3, -0.25) is 9.59 Å². The van der Waals surface area contributed by atoms with Crippen LogP contribution in [0.3, 0.4) is 0 Å². The molecule has 0 spiro atoms. The molecule has 0 atom stereocenters. The standard InChI is InChI=1S/C16H18N4O3/c1-10-14(16(22)19-11(2)18-10)8-15(21)20-17-9-12-4-6-13(23-3)7-5-12/h4-7,9H,8H2,1-3H3,(H,20,21)(H,18,19,22). The summed E-state index contributed by atoms with van der Waals surface area (Å²) in [5.41, 5.74) is 3.79. The third-order valence-corrected chi connectivity index (χ3v) is 3.20. The maximum absolute atomic E-state index is 11.9. The van der Waals surface area contributed by atoms with Gasteiger partial charge in [0.2, 0.25) is 5.91 Å². The molecular weight excluding hydrogens is 296 g/mol. The smallest absolute Gasteiger partial charge is 0.254 e. The van der Waals surface area contributed by atoms with E-state index in [9.17, 15) is 9.59 Å². The molecule has 0 saturated carbocycles. The minimum atomic E-state index is -0.381. The fraction of sp³-hybridized carbons (Fsp3) is 0.250. The lowest BCUT2D eigenvalue weighted by Gasteiger charge is -2.04. The fourth-order valence-corrected chi connectivity index (χ4v) is 2.03. The van der Waals surface area contributed by atoms with Gasteiger partial charge in [-0.05, 0) is 43.7 Å². The highest BCUT2D eigenvalue weighted by atomic mass is 16.5. The zero-order chi connectivity index (χ0) is 16.8. The highest BCUT2D eigenvalue weighted by molar-refractivity contribution is 5.83. The van der Waals surface area contributed by atoms with Crippen LogP contribution in [-0.2, 0) is 11.2 Å². The van der Waals surface area contributed by atoms with Crippen molar-refractivity contribution < 1.29 is 9.53 Å². The van der Waals surface area contributed by atoms with Crippen molar-refractivity contribution in [2.75, 3.05) is 7.11 Å². The highest BCUT2D eigenvalue weighted by Gasteiger charge is 2.11. The largest absolute Gasteiger partial charge is 0.497 e. The maximum atomic E-state index is 11.9. The summed E-state index contributed by atoms with van der Waals surface area (Å²) in [4.78, 5) is 30.4. The van der Waals surface area contributed by atoms with Crippen LogP contribution in [0.25, 0.3) is 0 Å². The Morgan fingerprint density at radius 1 is 1.35 bits per heavy atom. The molecule has 2 N–H and O–H groups in total. The van der Waals surface area contributed by atoms with Gasteiger partial charge in [0.15, 0.2) is 0 Å². The zero-order valence-electron chi connectivity index (χ0n) is 13.2. The number of aryl methyl sites for hydroxylation is 2. The van der Waals surface area contributed by atoms with E-state index in [1.807, 2.05) is 12.1 Å². The van der Waals surface area contributed by atoms with E-state index < -0.39 is 0 Å². The Hall–Kier alpha value is -2.96. The second-order valence-electron chi connectivity index (χ2n) is 4.96. The Morgan fingerprint density at radius 3 is 2.65 bits per heavy atom. The van der Waals surface area contributed by atoms with Crippen molar-refractivity contribution in [3.8, 4) is 5.75 Å². The highest BCUT2D eigenvalue weighted by Crippen LogP contribution is 2.09. The molecule has 1 aromatic heterocycles. The number of benzene rings is 1. The van der Waals surface area contributed by atoms with Crippen LogP contribution in [0.4, 0.5) is 0 Å². The topological polar surface area (TPSA) is 96.4 Å². The molecule has 0 saturated heterocycles. The Kier molecular flexibility index (Phi) is 5.24. The van der Waals surface area contributed by atoms with E-state index in [0.29, 0.717) is 17.1 Å². The third kappa shape index (κ3) is 4.50. The van der Waals surface area contributed by atoms with Crippen molar-refractivity contribution in [1.82, 2.24) is 15.4 Å². The Bertz CT molecular complexity index is 779. The Labute approximate surface area is 133 Å². The number of H-pyrrole nitrogens is 1. The number of ether oxygens (including phenoxy) is 1. The normalized spacial score (nSPS) is 10.7. The van der Waals surface area contributed by atoms with Gasteiger partial charge >= 0.3 is 0 Å². The van der Waals surface area contributed by atoms with Crippen molar-refractivity contribution in [3.05, 3.63) is 57.3 Å². The minimum absolute atomic E-state index is 0.0750. The summed E-state index contributed by atoms with van der Waals surface area (Å²) in [6.07, 6.45) is 1.44. The molecular formula is C16H18N4O3. The maximum Gasteiger partial charge on any atom is 0.254 e. The van der Waals surface area contributed by atoms with Crippen LogP contribution in [0.15, 0.2) is 34.2 Å². The number of methoxy groups -OCH3 is 1. The first-order chi connectivity index (χ1) is 11.0. The molecule has 1 heterocycles. The summed E-state index contributed by atoms with van der Waals surface area (Å²) in [5, 5.41) is 3.87. The predicted molar refractivity (Wildman–Crippen MR) is 86.8 cm³/mol. The number of carbonyl (C=O) groups excluding carboxylic acids is 1. The molecule has 0 radical (unpaired) electrons. The van der Waals surface area contributed by atoms with Crippen LogP contribution in [-0.4, -0.2) is 29.2 Å². The van der Waals surface area contributed by atoms with E-state index in [-0.39, 0.29) is 17.9 Å². The van der Waals surface area contributed by atoms with Crippen LogP contribution in [0.1, 0.15) is 22.6 Å². The summed E-state index contributed by atoms with van der Waals surface area (Å²) in [7, 11) is 1.59. The van der Waals surface area contributed by atoms with E-state index in [2.05, 4.69) is 20.5 Å². The molecule has 0 fully saturated rings. The Balaban J connectivity index is 1.97. The van der Waals surface area contributed by atoms with Crippen LogP contribution >= 0.6 is 0 Å². The van der Waals surface area contributed by atoms with Gasteiger partial charge in [-0.15, -0.1) is 0 Å². The molecule has 7 heteroatoms. The fourth-order valence-electron chi connectivity index (χ4n) is 2.03. The number of nitrogens with zero attached hydrogens (tertiary/aromatic N) is 2. The molecule has 0 unspecified atom stereocenters. The molecule has 2 rings (SSSR count). The summed E-state index contributed by atoms with van der Waals surface area (Å²) in [6, 6.07) is 7.22. The van der Waals surface area contributed by atoms with Gasteiger partial charge in [-0.1, -0.05) is 0 Å². The molecule has 7 nitrogen and oxygen atoms in total. The molecule has 0 aliphatic rings. The van der Waals surface area contributed by atoms with Gasteiger partial charge in [0.05, 0.1) is 19.7 Å². The number of rotatable bonds is 5. The molecule has 1 aromatic carbocycles. The van der Waals surface area contributed by atoms with Crippen LogP contribution < -0.4 is 15.7 Å². The predicted octanol–water partition coefficient (Wildman–Crippen LogP) is 1.09. The van der Waals surface area contributed by atoms with Crippen LogP contribution in [0.2, 0.25) is 0 Å². The molecule has 0 aliphatic carbocycles. The molecule has 23 heavy (non-hydrogen) atoms. The number of aromatic amines is 1. The van der Waals surface area contributed by atoms with Crippen molar-refractivity contribution in [2.45, 2.75) is 20.3 Å². The molecule has 0 aliphatic heterocycles. The summed E-state index contributed by atoms with van der Waals surface area (Å²) in [6.45, 7) is 3.39. The van der Waals surface area contributed by atoms with Gasteiger partial charge in [0.1, 0.15) is 11.6 Å². The summed E-state index contributed by atoms with van der Waals surface area (Å²) in [5.74, 6) is 0.885. The minimum Gasteiger partial charge on any atom is -0.497 e. The lowest BCUT2D eigenvalue weighted by molar-refractivity contribution is -0.120. The first-order valence-corrected chi connectivity index (χ1v) is 7.02. The lowest BCUT2D eigenvalue weighted by Crippen LogP contribution is -2.26. The molecule has 1 amide bonds. The zero-order valence-corrected chi connectivity index (χ0v) is 13.2. The second kappa shape index (κ2) is 7.35. The van der Waals surface area contributed by atoms with Gasteiger partial charge in [-0.2, -0.15) is 5.10 Å². The monoisotopic (exact) mass is 314 g/mol. The summed E-state index contributed by atoms with van der Waals surface area (Å²) < 4.78 is 5.06. The summed E-state index contributed by atoms with van der Waals surface area (Å²) >= 11 is 0. The first-order valence-electron chi connectivity index (χ1n) is 7.02. The number of nitrogens with one attached hydrogen (secondary N) is 2.